The molecule has 0 fully saturated rings. The number of aromatic amines is 1. The number of hydrogen-bond donors (Lipinski definition) is 2. The third-order valence-electron chi connectivity index (χ3n) is 4.16. The Morgan fingerprint density at radius 1 is 0.889 bits per heavy atom. The highest BCUT2D eigenvalue weighted by molar-refractivity contribution is 6.30. The first-order valence-corrected chi connectivity index (χ1v) is 8.84. The second kappa shape index (κ2) is 7.48. The molecule has 132 valence electrons. The third kappa shape index (κ3) is 3.91. The first kappa shape index (κ1) is 17.1. The minimum absolute atomic E-state index is 0.182. The van der Waals surface area contributed by atoms with Gasteiger partial charge in [-0.15, -0.1) is 0 Å². The number of amides is 1. The van der Waals surface area contributed by atoms with Crippen LogP contribution in [0.1, 0.15) is 10.4 Å². The highest BCUT2D eigenvalue weighted by Gasteiger charge is 2.09. The van der Waals surface area contributed by atoms with E-state index in [0.29, 0.717) is 16.3 Å². The Hall–Kier alpha value is -3.37. The van der Waals surface area contributed by atoms with Gasteiger partial charge in [0.1, 0.15) is 5.82 Å². The molecule has 0 aliphatic heterocycles. The van der Waals surface area contributed by atoms with E-state index < -0.39 is 0 Å². The third-order valence-corrected chi connectivity index (χ3v) is 4.41. The predicted molar refractivity (Wildman–Crippen MR) is 109 cm³/mol. The van der Waals surface area contributed by atoms with Crippen molar-refractivity contribution in [2.24, 2.45) is 0 Å². The van der Waals surface area contributed by atoms with Gasteiger partial charge in [-0.05, 0) is 36.4 Å². The van der Waals surface area contributed by atoms with Gasteiger partial charge in [0.05, 0.1) is 11.9 Å². The second-order valence-corrected chi connectivity index (χ2v) is 6.49. The first-order valence-electron chi connectivity index (χ1n) is 8.47. The smallest absolute Gasteiger partial charge is 0.255 e. The SMILES string of the molecule is O=C(Nc1cccc(-c2cnc(-c3ccccc3)[nH]2)c1)c1ccc(Cl)cc1. The summed E-state index contributed by atoms with van der Waals surface area (Å²) in [4.78, 5) is 20.2. The second-order valence-electron chi connectivity index (χ2n) is 6.05. The molecule has 0 saturated heterocycles. The molecule has 5 heteroatoms. The topological polar surface area (TPSA) is 57.8 Å². The summed E-state index contributed by atoms with van der Waals surface area (Å²) in [5, 5.41) is 3.51. The van der Waals surface area contributed by atoms with Crippen molar-refractivity contribution < 1.29 is 4.79 Å². The van der Waals surface area contributed by atoms with Crippen LogP contribution in [0.2, 0.25) is 5.02 Å². The Morgan fingerprint density at radius 2 is 1.63 bits per heavy atom. The van der Waals surface area contributed by atoms with E-state index in [1.54, 1.807) is 30.5 Å². The molecule has 0 aliphatic carbocycles. The summed E-state index contributed by atoms with van der Waals surface area (Å²) in [6.07, 6.45) is 1.79. The monoisotopic (exact) mass is 373 g/mol. The number of rotatable bonds is 4. The summed E-state index contributed by atoms with van der Waals surface area (Å²) in [5.41, 5.74) is 4.12. The fraction of sp³-hybridized carbons (Fsp3) is 0. The molecule has 0 radical (unpaired) electrons. The van der Waals surface area contributed by atoms with Crippen molar-refractivity contribution in [2.45, 2.75) is 0 Å². The fourth-order valence-corrected chi connectivity index (χ4v) is 2.91. The number of nitrogens with one attached hydrogen (secondary N) is 2. The normalized spacial score (nSPS) is 10.6. The van der Waals surface area contributed by atoms with Gasteiger partial charge in [-0.3, -0.25) is 4.79 Å². The van der Waals surface area contributed by atoms with E-state index in [9.17, 15) is 4.79 Å². The van der Waals surface area contributed by atoms with Crippen LogP contribution in [-0.4, -0.2) is 15.9 Å². The maximum absolute atomic E-state index is 12.4. The highest BCUT2D eigenvalue weighted by Crippen LogP contribution is 2.24. The van der Waals surface area contributed by atoms with Gasteiger partial charge in [0, 0.05) is 27.4 Å². The molecule has 1 amide bonds. The van der Waals surface area contributed by atoms with Crippen LogP contribution in [0, 0.1) is 0 Å². The van der Waals surface area contributed by atoms with Gasteiger partial charge in [-0.1, -0.05) is 54.1 Å². The zero-order valence-corrected chi connectivity index (χ0v) is 15.1. The van der Waals surface area contributed by atoms with Crippen LogP contribution in [-0.2, 0) is 0 Å². The predicted octanol–water partition coefficient (Wildman–Crippen LogP) is 5.65. The summed E-state index contributed by atoms with van der Waals surface area (Å²) in [6, 6.07) is 24.4. The van der Waals surface area contributed by atoms with Gasteiger partial charge < -0.3 is 10.3 Å². The average molecular weight is 374 g/mol. The molecule has 4 aromatic rings. The number of carbonyl (C=O) groups is 1. The average Bonchev–Trinajstić information content (AvgIpc) is 3.20. The van der Waals surface area contributed by atoms with Crippen molar-refractivity contribution in [3.05, 3.63) is 95.6 Å². The van der Waals surface area contributed by atoms with E-state index in [2.05, 4.69) is 15.3 Å². The van der Waals surface area contributed by atoms with Crippen molar-refractivity contribution >= 4 is 23.2 Å². The molecule has 4 rings (SSSR count). The van der Waals surface area contributed by atoms with Gasteiger partial charge in [-0.2, -0.15) is 0 Å². The van der Waals surface area contributed by atoms with Crippen LogP contribution in [0.3, 0.4) is 0 Å². The number of H-pyrrole nitrogens is 1. The number of anilines is 1. The number of nitrogens with zero attached hydrogens (tertiary/aromatic N) is 1. The van der Waals surface area contributed by atoms with Gasteiger partial charge in [0.2, 0.25) is 0 Å². The Morgan fingerprint density at radius 3 is 2.41 bits per heavy atom. The van der Waals surface area contributed by atoms with Crippen molar-refractivity contribution in [3.63, 3.8) is 0 Å². The largest absolute Gasteiger partial charge is 0.338 e. The van der Waals surface area contributed by atoms with Crippen LogP contribution in [0.25, 0.3) is 22.6 Å². The minimum Gasteiger partial charge on any atom is -0.338 e. The van der Waals surface area contributed by atoms with Crippen LogP contribution in [0.4, 0.5) is 5.69 Å². The molecule has 0 saturated carbocycles. The number of hydrogen-bond acceptors (Lipinski definition) is 2. The molecule has 0 atom stereocenters. The maximum atomic E-state index is 12.4. The quantitative estimate of drug-likeness (QED) is 0.485. The van der Waals surface area contributed by atoms with Crippen molar-refractivity contribution in [2.75, 3.05) is 5.32 Å². The van der Waals surface area contributed by atoms with Gasteiger partial charge in [0.25, 0.3) is 5.91 Å². The molecule has 27 heavy (non-hydrogen) atoms. The van der Waals surface area contributed by atoms with E-state index in [1.807, 2.05) is 54.6 Å². The Kier molecular flexibility index (Phi) is 4.73. The Bertz CT molecular complexity index is 1070. The zero-order chi connectivity index (χ0) is 18.6. The Labute approximate surface area is 161 Å². The number of imidazole rings is 1. The summed E-state index contributed by atoms with van der Waals surface area (Å²) >= 11 is 5.87. The maximum Gasteiger partial charge on any atom is 0.255 e. The molecule has 0 aliphatic rings. The molecular formula is C22H16ClN3O. The zero-order valence-electron chi connectivity index (χ0n) is 14.3. The Balaban J connectivity index is 1.55. The summed E-state index contributed by atoms with van der Waals surface area (Å²) in [5.74, 6) is 0.625. The van der Waals surface area contributed by atoms with Crippen LogP contribution >= 0.6 is 11.6 Å². The van der Waals surface area contributed by atoms with Crippen LogP contribution < -0.4 is 5.32 Å². The molecule has 0 unspecified atom stereocenters. The van der Waals surface area contributed by atoms with Gasteiger partial charge >= 0.3 is 0 Å². The lowest BCUT2D eigenvalue weighted by Crippen LogP contribution is -2.11. The lowest BCUT2D eigenvalue weighted by atomic mass is 10.1. The lowest BCUT2D eigenvalue weighted by molar-refractivity contribution is 0.102. The highest BCUT2D eigenvalue weighted by atomic mass is 35.5. The van der Waals surface area contributed by atoms with E-state index in [4.69, 9.17) is 11.6 Å². The number of carbonyl (C=O) groups excluding carboxylic acids is 1. The van der Waals surface area contributed by atoms with E-state index in [0.717, 1.165) is 22.6 Å². The standard InChI is InChI=1S/C22H16ClN3O/c23-18-11-9-16(10-12-18)22(27)25-19-8-4-7-17(13-19)20-14-24-21(26-20)15-5-2-1-3-6-15/h1-14H,(H,24,26)(H,25,27). The molecule has 0 bridgehead atoms. The summed E-state index contributed by atoms with van der Waals surface area (Å²) in [7, 11) is 0. The van der Waals surface area contributed by atoms with Crippen LogP contribution in [0.5, 0.6) is 0 Å². The van der Waals surface area contributed by atoms with Crippen molar-refractivity contribution in [1.82, 2.24) is 9.97 Å². The van der Waals surface area contributed by atoms with E-state index in [1.165, 1.54) is 0 Å². The molecule has 3 aromatic carbocycles. The molecule has 1 aromatic heterocycles. The van der Waals surface area contributed by atoms with Gasteiger partial charge in [0.15, 0.2) is 0 Å². The molecule has 0 spiro atoms. The van der Waals surface area contributed by atoms with E-state index in [-0.39, 0.29) is 5.91 Å². The number of aromatic nitrogens is 2. The molecule has 1 heterocycles. The molecular weight excluding hydrogens is 358 g/mol. The number of benzene rings is 3. The summed E-state index contributed by atoms with van der Waals surface area (Å²) < 4.78 is 0. The minimum atomic E-state index is -0.182. The summed E-state index contributed by atoms with van der Waals surface area (Å²) in [6.45, 7) is 0. The molecule has 2 N–H and O–H groups in total. The fourth-order valence-electron chi connectivity index (χ4n) is 2.78. The molecule has 4 nitrogen and oxygen atoms in total. The van der Waals surface area contributed by atoms with Crippen molar-refractivity contribution in [1.29, 1.82) is 0 Å². The first-order chi connectivity index (χ1) is 13.2. The van der Waals surface area contributed by atoms with Crippen LogP contribution in [0.15, 0.2) is 85.1 Å². The van der Waals surface area contributed by atoms with Gasteiger partial charge in [-0.25, -0.2) is 4.98 Å². The van der Waals surface area contributed by atoms with E-state index >= 15 is 0 Å². The lowest BCUT2D eigenvalue weighted by Gasteiger charge is -2.07. The number of halogens is 1. The van der Waals surface area contributed by atoms with Crippen molar-refractivity contribution in [3.8, 4) is 22.6 Å².